The van der Waals surface area contributed by atoms with E-state index < -0.39 is 17.4 Å². The fourth-order valence-electron chi connectivity index (χ4n) is 2.64. The number of esters is 1. The molecule has 0 aliphatic carbocycles. The first-order valence-corrected chi connectivity index (χ1v) is 8.71. The van der Waals surface area contributed by atoms with Gasteiger partial charge < -0.3 is 14.8 Å². The summed E-state index contributed by atoms with van der Waals surface area (Å²) < 4.78 is 10.9. The Morgan fingerprint density at radius 2 is 1.79 bits per heavy atom. The van der Waals surface area contributed by atoms with E-state index in [4.69, 9.17) is 4.74 Å². The molecule has 0 fully saturated rings. The molecular formula is C21H19N3O5. The average molecular weight is 393 g/mol. The van der Waals surface area contributed by atoms with Gasteiger partial charge in [-0.2, -0.15) is 5.10 Å². The van der Waals surface area contributed by atoms with Crippen molar-refractivity contribution in [1.82, 2.24) is 9.78 Å². The zero-order chi connectivity index (χ0) is 20.8. The number of rotatable bonds is 6. The summed E-state index contributed by atoms with van der Waals surface area (Å²) >= 11 is 0. The Morgan fingerprint density at radius 1 is 1.03 bits per heavy atom. The van der Waals surface area contributed by atoms with Gasteiger partial charge in [-0.25, -0.2) is 9.48 Å². The van der Waals surface area contributed by atoms with Gasteiger partial charge in [-0.15, -0.1) is 0 Å². The minimum absolute atomic E-state index is 0.255. The van der Waals surface area contributed by atoms with E-state index in [0.29, 0.717) is 22.7 Å². The largest absolute Gasteiger partial charge is 0.497 e. The van der Waals surface area contributed by atoms with E-state index in [-0.39, 0.29) is 6.54 Å². The number of aromatic nitrogens is 2. The molecular weight excluding hydrogens is 374 g/mol. The molecule has 8 heteroatoms. The lowest BCUT2D eigenvalue weighted by atomic mass is 10.1. The molecule has 3 aromatic rings. The van der Waals surface area contributed by atoms with E-state index in [0.717, 1.165) is 10.2 Å². The molecule has 0 radical (unpaired) electrons. The highest BCUT2D eigenvalue weighted by Gasteiger charge is 2.10. The average Bonchev–Trinajstić information content (AvgIpc) is 2.75. The van der Waals surface area contributed by atoms with Crippen LogP contribution in [0.3, 0.4) is 0 Å². The maximum Gasteiger partial charge on any atom is 0.337 e. The molecule has 0 unspecified atom stereocenters. The third-order valence-electron chi connectivity index (χ3n) is 4.12. The summed E-state index contributed by atoms with van der Waals surface area (Å²) in [5.74, 6) is -0.226. The van der Waals surface area contributed by atoms with E-state index in [1.54, 1.807) is 37.4 Å². The smallest absolute Gasteiger partial charge is 0.337 e. The third kappa shape index (κ3) is 4.86. The van der Waals surface area contributed by atoms with E-state index >= 15 is 0 Å². The first-order chi connectivity index (χ1) is 14.0. The predicted octanol–water partition coefficient (Wildman–Crippen LogP) is 2.34. The SMILES string of the molecule is COC(=O)c1ccc(NC(=O)Cn2nc(-c3cccc(OC)c3)ccc2=O)cc1. The van der Waals surface area contributed by atoms with E-state index in [2.05, 4.69) is 15.2 Å². The van der Waals surface area contributed by atoms with E-state index in [1.807, 2.05) is 12.1 Å². The molecule has 0 bridgehead atoms. The highest BCUT2D eigenvalue weighted by Crippen LogP contribution is 2.21. The number of carbonyl (C=O) groups is 2. The van der Waals surface area contributed by atoms with Gasteiger partial charge in [0, 0.05) is 17.3 Å². The number of ether oxygens (including phenoxy) is 2. The van der Waals surface area contributed by atoms with Gasteiger partial charge >= 0.3 is 5.97 Å². The molecule has 1 aromatic heterocycles. The molecule has 0 atom stereocenters. The molecule has 0 spiro atoms. The minimum atomic E-state index is -0.465. The van der Waals surface area contributed by atoms with Crippen molar-refractivity contribution in [3.63, 3.8) is 0 Å². The van der Waals surface area contributed by atoms with Gasteiger partial charge in [-0.1, -0.05) is 12.1 Å². The molecule has 0 aliphatic rings. The zero-order valence-corrected chi connectivity index (χ0v) is 15.9. The fourth-order valence-corrected chi connectivity index (χ4v) is 2.64. The van der Waals surface area contributed by atoms with Crippen LogP contribution in [0.25, 0.3) is 11.3 Å². The number of nitrogens with zero attached hydrogens (tertiary/aromatic N) is 2. The van der Waals surface area contributed by atoms with Crippen molar-refractivity contribution in [2.24, 2.45) is 0 Å². The number of nitrogens with one attached hydrogen (secondary N) is 1. The van der Waals surface area contributed by atoms with Crippen molar-refractivity contribution in [3.05, 3.63) is 76.6 Å². The standard InChI is InChI=1S/C21H19N3O5/c1-28-17-5-3-4-15(12-17)18-10-11-20(26)24(23-18)13-19(25)22-16-8-6-14(7-9-16)21(27)29-2/h3-12H,13H2,1-2H3,(H,22,25). The highest BCUT2D eigenvalue weighted by atomic mass is 16.5. The Labute approximate surface area is 166 Å². The number of amides is 1. The molecule has 0 saturated carbocycles. The number of carbonyl (C=O) groups excluding carboxylic acids is 2. The number of methoxy groups -OCH3 is 2. The minimum Gasteiger partial charge on any atom is -0.497 e. The van der Waals surface area contributed by atoms with Crippen LogP contribution in [0.4, 0.5) is 5.69 Å². The van der Waals surface area contributed by atoms with Crippen molar-refractivity contribution in [3.8, 4) is 17.0 Å². The van der Waals surface area contributed by atoms with Gasteiger partial charge in [0.1, 0.15) is 12.3 Å². The van der Waals surface area contributed by atoms with Gasteiger partial charge in [0.15, 0.2) is 0 Å². The molecule has 8 nitrogen and oxygen atoms in total. The molecule has 0 aliphatic heterocycles. The van der Waals surface area contributed by atoms with Crippen LogP contribution in [0.15, 0.2) is 65.5 Å². The molecule has 29 heavy (non-hydrogen) atoms. The first-order valence-electron chi connectivity index (χ1n) is 8.71. The summed E-state index contributed by atoms with van der Waals surface area (Å²) in [5.41, 5.74) is 1.76. The molecule has 1 N–H and O–H groups in total. The Kier molecular flexibility index (Phi) is 6.03. The first kappa shape index (κ1) is 19.8. The lowest BCUT2D eigenvalue weighted by Gasteiger charge is -2.09. The Morgan fingerprint density at radius 3 is 2.48 bits per heavy atom. The van der Waals surface area contributed by atoms with Crippen LogP contribution in [0.1, 0.15) is 10.4 Å². The monoisotopic (exact) mass is 393 g/mol. The van der Waals surface area contributed by atoms with Crippen LogP contribution in [-0.4, -0.2) is 35.9 Å². The summed E-state index contributed by atoms with van der Waals surface area (Å²) in [7, 11) is 2.86. The molecule has 3 rings (SSSR count). The van der Waals surface area contributed by atoms with Crippen LogP contribution >= 0.6 is 0 Å². The second-order valence-corrected chi connectivity index (χ2v) is 6.06. The summed E-state index contributed by atoms with van der Waals surface area (Å²) in [5, 5.41) is 6.94. The number of anilines is 1. The second kappa shape index (κ2) is 8.83. The van der Waals surface area contributed by atoms with Gasteiger partial charge in [-0.3, -0.25) is 9.59 Å². The molecule has 148 valence electrons. The maximum absolute atomic E-state index is 12.3. The maximum atomic E-state index is 12.3. The number of hydrogen-bond donors (Lipinski definition) is 1. The fraction of sp³-hybridized carbons (Fsp3) is 0.143. The molecule has 1 amide bonds. The van der Waals surface area contributed by atoms with E-state index in [1.165, 1.54) is 25.3 Å². The quantitative estimate of drug-likeness (QED) is 0.646. The lowest BCUT2D eigenvalue weighted by molar-refractivity contribution is -0.117. The van der Waals surface area contributed by atoms with Crippen molar-refractivity contribution in [1.29, 1.82) is 0 Å². The normalized spacial score (nSPS) is 10.3. The second-order valence-electron chi connectivity index (χ2n) is 6.06. The summed E-state index contributed by atoms with van der Waals surface area (Å²) in [6, 6.07) is 16.4. The van der Waals surface area contributed by atoms with Gasteiger partial charge in [0.25, 0.3) is 5.56 Å². The zero-order valence-electron chi connectivity index (χ0n) is 15.9. The number of benzene rings is 2. The van der Waals surface area contributed by atoms with Crippen LogP contribution in [0, 0.1) is 0 Å². The molecule has 2 aromatic carbocycles. The van der Waals surface area contributed by atoms with Crippen LogP contribution < -0.4 is 15.6 Å². The summed E-state index contributed by atoms with van der Waals surface area (Å²) in [6.07, 6.45) is 0. The topological polar surface area (TPSA) is 99.5 Å². The molecule has 0 saturated heterocycles. The Hall–Kier alpha value is -3.94. The predicted molar refractivity (Wildman–Crippen MR) is 107 cm³/mol. The van der Waals surface area contributed by atoms with Crippen molar-refractivity contribution >= 4 is 17.6 Å². The van der Waals surface area contributed by atoms with Crippen LogP contribution in [0.5, 0.6) is 5.75 Å². The van der Waals surface area contributed by atoms with Gasteiger partial charge in [-0.05, 0) is 42.5 Å². The summed E-state index contributed by atoms with van der Waals surface area (Å²) in [6.45, 7) is -0.255. The van der Waals surface area contributed by atoms with Crippen molar-refractivity contribution in [2.75, 3.05) is 19.5 Å². The van der Waals surface area contributed by atoms with Crippen LogP contribution in [-0.2, 0) is 16.1 Å². The van der Waals surface area contributed by atoms with Crippen molar-refractivity contribution in [2.45, 2.75) is 6.54 Å². The Balaban J connectivity index is 1.74. The lowest BCUT2D eigenvalue weighted by Crippen LogP contribution is -2.29. The van der Waals surface area contributed by atoms with Gasteiger partial charge in [0.2, 0.25) is 5.91 Å². The summed E-state index contributed by atoms with van der Waals surface area (Å²) in [4.78, 5) is 35.9. The third-order valence-corrected chi connectivity index (χ3v) is 4.12. The Bertz CT molecular complexity index is 1090. The van der Waals surface area contributed by atoms with Crippen molar-refractivity contribution < 1.29 is 19.1 Å². The van der Waals surface area contributed by atoms with E-state index in [9.17, 15) is 14.4 Å². The highest BCUT2D eigenvalue weighted by molar-refractivity contribution is 5.92. The van der Waals surface area contributed by atoms with Gasteiger partial charge in [0.05, 0.1) is 25.5 Å². The van der Waals surface area contributed by atoms with Crippen LogP contribution in [0.2, 0.25) is 0 Å². The molecule has 1 heterocycles. The number of hydrogen-bond acceptors (Lipinski definition) is 6.